The van der Waals surface area contributed by atoms with Gasteiger partial charge in [-0.1, -0.05) is 33.6 Å². The van der Waals surface area contributed by atoms with Crippen LogP contribution < -0.4 is 10.6 Å². The highest BCUT2D eigenvalue weighted by molar-refractivity contribution is 5.74. The van der Waals surface area contributed by atoms with Crippen LogP contribution in [-0.2, 0) is 0 Å². The van der Waals surface area contributed by atoms with E-state index in [4.69, 9.17) is 0 Å². The number of carbonyl (C=O) groups excluding carboxylic acids is 1. The predicted molar refractivity (Wildman–Crippen MR) is 93.4 cm³/mol. The summed E-state index contributed by atoms with van der Waals surface area (Å²) in [5.41, 5.74) is -0.170. The molecule has 2 amide bonds. The van der Waals surface area contributed by atoms with Gasteiger partial charge in [-0.25, -0.2) is 4.79 Å². The minimum absolute atomic E-state index is 0.0775. The lowest BCUT2D eigenvalue weighted by Gasteiger charge is -2.38. The summed E-state index contributed by atoms with van der Waals surface area (Å²) in [6, 6.07) is 0.203. The number of nitrogens with one attached hydrogen (secondary N) is 2. The van der Waals surface area contributed by atoms with Crippen molar-refractivity contribution in [1.82, 2.24) is 15.5 Å². The third-order valence-corrected chi connectivity index (χ3v) is 5.48. The van der Waals surface area contributed by atoms with Gasteiger partial charge in [-0.2, -0.15) is 0 Å². The number of piperidine rings is 1. The lowest BCUT2D eigenvalue weighted by Crippen LogP contribution is -2.51. The first kappa shape index (κ1) is 18.5. The molecular weight excluding hydrogens is 290 g/mol. The molecule has 2 atom stereocenters. The molecule has 0 aromatic heterocycles. The van der Waals surface area contributed by atoms with Crippen molar-refractivity contribution in [2.24, 2.45) is 11.3 Å². The van der Waals surface area contributed by atoms with Gasteiger partial charge in [0.05, 0.1) is 6.10 Å². The Labute approximate surface area is 141 Å². The Kier molecular flexibility index (Phi) is 6.72. The van der Waals surface area contributed by atoms with E-state index in [9.17, 15) is 9.90 Å². The molecule has 134 valence electrons. The number of likely N-dealkylation sites (tertiary alicyclic amines) is 1. The van der Waals surface area contributed by atoms with Crippen molar-refractivity contribution in [3.05, 3.63) is 0 Å². The standard InChI is InChI=1S/C18H35N3O2/c1-14(2)12-21-10-7-15(8-11-21)20-17(23)19-13-18(3)9-5-4-6-16(18)22/h14-16,22H,4-13H2,1-3H3,(H2,19,20,23). The van der Waals surface area contributed by atoms with Crippen molar-refractivity contribution in [2.45, 2.75) is 71.4 Å². The average Bonchev–Trinajstić information content (AvgIpc) is 2.50. The first-order valence-corrected chi connectivity index (χ1v) is 9.34. The molecule has 0 radical (unpaired) electrons. The summed E-state index contributed by atoms with van der Waals surface area (Å²) in [6.45, 7) is 10.4. The molecule has 5 nitrogen and oxygen atoms in total. The number of rotatable bonds is 5. The van der Waals surface area contributed by atoms with E-state index in [1.165, 1.54) is 0 Å². The highest BCUT2D eigenvalue weighted by Crippen LogP contribution is 2.35. The van der Waals surface area contributed by atoms with Gasteiger partial charge in [-0.05, 0) is 31.6 Å². The molecule has 2 unspecified atom stereocenters. The van der Waals surface area contributed by atoms with Crippen molar-refractivity contribution in [3.8, 4) is 0 Å². The quantitative estimate of drug-likeness (QED) is 0.727. The Morgan fingerprint density at radius 2 is 1.96 bits per heavy atom. The number of amides is 2. The summed E-state index contributed by atoms with van der Waals surface area (Å²) in [4.78, 5) is 14.6. The van der Waals surface area contributed by atoms with E-state index in [0.717, 1.165) is 58.2 Å². The van der Waals surface area contributed by atoms with Crippen molar-refractivity contribution in [1.29, 1.82) is 0 Å². The van der Waals surface area contributed by atoms with Crippen LogP contribution in [-0.4, -0.2) is 54.4 Å². The van der Waals surface area contributed by atoms with Gasteiger partial charge in [0, 0.05) is 37.6 Å². The van der Waals surface area contributed by atoms with Crippen LogP contribution in [0.15, 0.2) is 0 Å². The van der Waals surface area contributed by atoms with Gasteiger partial charge in [0.15, 0.2) is 0 Å². The summed E-state index contributed by atoms with van der Waals surface area (Å²) in [6.07, 6.45) is 5.84. The molecule has 1 saturated carbocycles. The van der Waals surface area contributed by atoms with Crippen molar-refractivity contribution >= 4 is 6.03 Å². The molecule has 2 rings (SSSR count). The van der Waals surface area contributed by atoms with E-state index in [0.29, 0.717) is 12.5 Å². The SMILES string of the molecule is CC(C)CN1CCC(NC(=O)NCC2(C)CCCCC2O)CC1. The molecule has 5 heteroatoms. The fraction of sp³-hybridized carbons (Fsp3) is 0.944. The second-order valence-electron chi connectivity index (χ2n) is 8.21. The molecule has 0 aromatic carbocycles. The van der Waals surface area contributed by atoms with Gasteiger partial charge in [0.1, 0.15) is 0 Å². The molecule has 2 fully saturated rings. The average molecular weight is 325 g/mol. The van der Waals surface area contributed by atoms with Crippen LogP contribution >= 0.6 is 0 Å². The maximum Gasteiger partial charge on any atom is 0.315 e. The van der Waals surface area contributed by atoms with Crippen LogP contribution in [0.3, 0.4) is 0 Å². The van der Waals surface area contributed by atoms with Crippen molar-refractivity contribution in [2.75, 3.05) is 26.2 Å². The first-order valence-electron chi connectivity index (χ1n) is 9.34. The Morgan fingerprint density at radius 1 is 1.26 bits per heavy atom. The molecule has 1 aliphatic carbocycles. The monoisotopic (exact) mass is 325 g/mol. The molecule has 1 saturated heterocycles. The summed E-state index contributed by atoms with van der Waals surface area (Å²) >= 11 is 0. The van der Waals surface area contributed by atoms with Gasteiger partial charge < -0.3 is 20.6 Å². The van der Waals surface area contributed by atoms with Gasteiger partial charge in [-0.3, -0.25) is 0 Å². The molecule has 0 spiro atoms. The van der Waals surface area contributed by atoms with Crippen LogP contribution in [0.4, 0.5) is 4.79 Å². The van der Waals surface area contributed by atoms with E-state index in [1.807, 2.05) is 0 Å². The van der Waals surface area contributed by atoms with Crippen LogP contribution in [0.25, 0.3) is 0 Å². The maximum absolute atomic E-state index is 12.1. The van der Waals surface area contributed by atoms with Crippen LogP contribution in [0.1, 0.15) is 59.3 Å². The Balaban J connectivity index is 1.67. The highest BCUT2D eigenvalue weighted by atomic mass is 16.3. The molecule has 0 bridgehead atoms. The number of aliphatic hydroxyl groups is 1. The number of nitrogens with zero attached hydrogens (tertiary/aromatic N) is 1. The van der Waals surface area contributed by atoms with E-state index in [1.54, 1.807) is 0 Å². The van der Waals surface area contributed by atoms with E-state index < -0.39 is 0 Å². The number of aliphatic hydroxyl groups excluding tert-OH is 1. The molecular formula is C18H35N3O2. The van der Waals surface area contributed by atoms with Crippen molar-refractivity contribution in [3.63, 3.8) is 0 Å². The molecule has 1 aliphatic heterocycles. The van der Waals surface area contributed by atoms with E-state index in [-0.39, 0.29) is 23.6 Å². The zero-order chi connectivity index (χ0) is 16.9. The molecule has 3 N–H and O–H groups in total. The van der Waals surface area contributed by atoms with Crippen molar-refractivity contribution < 1.29 is 9.90 Å². The third-order valence-electron chi connectivity index (χ3n) is 5.48. The predicted octanol–water partition coefficient (Wildman–Crippen LogP) is 2.35. The summed E-state index contributed by atoms with van der Waals surface area (Å²) in [5, 5.41) is 16.3. The zero-order valence-electron chi connectivity index (χ0n) is 15.1. The van der Waals surface area contributed by atoms with E-state index >= 15 is 0 Å². The smallest absolute Gasteiger partial charge is 0.315 e. The van der Waals surface area contributed by atoms with Gasteiger partial charge in [-0.15, -0.1) is 0 Å². The highest BCUT2D eigenvalue weighted by Gasteiger charge is 2.35. The van der Waals surface area contributed by atoms with Gasteiger partial charge in [0.25, 0.3) is 0 Å². The third kappa shape index (κ3) is 5.64. The number of hydrogen-bond acceptors (Lipinski definition) is 3. The molecule has 23 heavy (non-hydrogen) atoms. The molecule has 1 heterocycles. The number of carbonyl (C=O) groups is 1. The maximum atomic E-state index is 12.1. The minimum atomic E-state index is -0.296. The topological polar surface area (TPSA) is 64.6 Å². The fourth-order valence-electron chi connectivity index (χ4n) is 3.88. The summed E-state index contributed by atoms with van der Waals surface area (Å²) in [7, 11) is 0. The molecule has 0 aromatic rings. The fourth-order valence-corrected chi connectivity index (χ4v) is 3.88. The Bertz CT molecular complexity index is 380. The van der Waals surface area contributed by atoms with Crippen LogP contribution in [0.2, 0.25) is 0 Å². The summed E-state index contributed by atoms with van der Waals surface area (Å²) in [5.74, 6) is 0.700. The largest absolute Gasteiger partial charge is 0.392 e. The number of urea groups is 1. The number of hydrogen-bond donors (Lipinski definition) is 3. The first-order chi connectivity index (χ1) is 10.9. The summed E-state index contributed by atoms with van der Waals surface area (Å²) < 4.78 is 0. The lowest BCUT2D eigenvalue weighted by atomic mass is 9.73. The Hall–Kier alpha value is -0.810. The van der Waals surface area contributed by atoms with Gasteiger partial charge >= 0.3 is 6.03 Å². The molecule has 2 aliphatic rings. The van der Waals surface area contributed by atoms with Crippen LogP contribution in [0.5, 0.6) is 0 Å². The second-order valence-corrected chi connectivity index (χ2v) is 8.21. The normalized spacial score (nSPS) is 30.4. The van der Waals surface area contributed by atoms with Crippen LogP contribution in [0, 0.1) is 11.3 Å². The zero-order valence-corrected chi connectivity index (χ0v) is 15.1. The Morgan fingerprint density at radius 3 is 2.57 bits per heavy atom. The van der Waals surface area contributed by atoms with E-state index in [2.05, 4.69) is 36.3 Å². The lowest BCUT2D eigenvalue weighted by molar-refractivity contribution is 0.00301. The van der Waals surface area contributed by atoms with Gasteiger partial charge in [0.2, 0.25) is 0 Å². The minimum Gasteiger partial charge on any atom is -0.392 e. The second kappa shape index (κ2) is 8.34.